The van der Waals surface area contributed by atoms with Gasteiger partial charge < -0.3 is 10.6 Å². The van der Waals surface area contributed by atoms with Crippen molar-refractivity contribution in [1.82, 2.24) is 4.90 Å². The molecule has 0 aromatic rings. The van der Waals surface area contributed by atoms with Crippen LogP contribution in [0.5, 0.6) is 0 Å². The SMILES string of the molecule is CCN(CC(C)CN)C(=O)C1(CC(C)C)CCCC1. The van der Waals surface area contributed by atoms with Crippen molar-refractivity contribution in [3.8, 4) is 0 Å². The Kier molecular flexibility index (Phi) is 6.31. The van der Waals surface area contributed by atoms with Crippen molar-refractivity contribution in [2.24, 2.45) is 23.0 Å². The van der Waals surface area contributed by atoms with Gasteiger partial charge in [0.05, 0.1) is 0 Å². The summed E-state index contributed by atoms with van der Waals surface area (Å²) in [5, 5.41) is 0. The average Bonchev–Trinajstić information content (AvgIpc) is 2.83. The van der Waals surface area contributed by atoms with Crippen molar-refractivity contribution in [2.45, 2.75) is 59.8 Å². The second-order valence-electron chi connectivity index (χ2n) is 6.77. The molecular weight excluding hydrogens is 236 g/mol. The second-order valence-corrected chi connectivity index (χ2v) is 6.77. The molecule has 0 spiro atoms. The van der Waals surface area contributed by atoms with Gasteiger partial charge >= 0.3 is 0 Å². The molecule has 3 heteroatoms. The summed E-state index contributed by atoms with van der Waals surface area (Å²) in [7, 11) is 0. The summed E-state index contributed by atoms with van der Waals surface area (Å²) in [5.41, 5.74) is 5.63. The fourth-order valence-corrected chi connectivity index (χ4v) is 3.48. The Bertz CT molecular complexity index is 282. The Morgan fingerprint density at radius 3 is 2.26 bits per heavy atom. The zero-order chi connectivity index (χ0) is 14.5. The molecule has 1 unspecified atom stereocenters. The summed E-state index contributed by atoms with van der Waals surface area (Å²) in [4.78, 5) is 15.0. The molecule has 0 heterocycles. The van der Waals surface area contributed by atoms with Gasteiger partial charge in [0.15, 0.2) is 0 Å². The third-order valence-corrected chi connectivity index (χ3v) is 4.42. The monoisotopic (exact) mass is 268 g/mol. The highest BCUT2D eigenvalue weighted by atomic mass is 16.2. The molecule has 3 nitrogen and oxygen atoms in total. The third-order valence-electron chi connectivity index (χ3n) is 4.42. The summed E-state index contributed by atoms with van der Waals surface area (Å²) < 4.78 is 0. The summed E-state index contributed by atoms with van der Waals surface area (Å²) >= 11 is 0. The first-order valence-corrected chi connectivity index (χ1v) is 7.94. The molecule has 112 valence electrons. The second kappa shape index (κ2) is 7.28. The molecule has 0 aromatic heterocycles. The highest BCUT2D eigenvalue weighted by Crippen LogP contribution is 2.44. The molecule has 1 atom stereocenters. The number of carbonyl (C=O) groups is 1. The minimum Gasteiger partial charge on any atom is -0.342 e. The lowest BCUT2D eigenvalue weighted by Gasteiger charge is -2.36. The number of amides is 1. The van der Waals surface area contributed by atoms with E-state index in [-0.39, 0.29) is 5.41 Å². The van der Waals surface area contributed by atoms with Crippen molar-refractivity contribution in [3.05, 3.63) is 0 Å². The van der Waals surface area contributed by atoms with Crippen molar-refractivity contribution >= 4 is 5.91 Å². The molecule has 0 radical (unpaired) electrons. The Morgan fingerprint density at radius 2 is 1.84 bits per heavy atom. The van der Waals surface area contributed by atoms with Crippen molar-refractivity contribution in [1.29, 1.82) is 0 Å². The number of rotatable bonds is 7. The topological polar surface area (TPSA) is 46.3 Å². The van der Waals surface area contributed by atoms with E-state index in [0.717, 1.165) is 32.4 Å². The van der Waals surface area contributed by atoms with Crippen molar-refractivity contribution < 1.29 is 4.79 Å². The Morgan fingerprint density at radius 1 is 1.26 bits per heavy atom. The maximum Gasteiger partial charge on any atom is 0.228 e. The molecule has 19 heavy (non-hydrogen) atoms. The van der Waals surface area contributed by atoms with Gasteiger partial charge in [0, 0.05) is 18.5 Å². The minimum absolute atomic E-state index is 0.0709. The molecule has 1 saturated carbocycles. The third kappa shape index (κ3) is 4.20. The van der Waals surface area contributed by atoms with Crippen LogP contribution in [-0.4, -0.2) is 30.4 Å². The van der Waals surface area contributed by atoms with Gasteiger partial charge in [-0.25, -0.2) is 0 Å². The molecule has 0 saturated heterocycles. The van der Waals surface area contributed by atoms with Gasteiger partial charge in [-0.3, -0.25) is 4.79 Å². The predicted molar refractivity (Wildman–Crippen MR) is 80.8 cm³/mol. The van der Waals surface area contributed by atoms with Crippen molar-refractivity contribution in [2.75, 3.05) is 19.6 Å². The maximum atomic E-state index is 13.0. The van der Waals surface area contributed by atoms with E-state index in [9.17, 15) is 4.79 Å². The molecular formula is C16H32N2O. The van der Waals surface area contributed by atoms with E-state index in [1.807, 2.05) is 4.90 Å². The Balaban J connectivity index is 2.79. The van der Waals surface area contributed by atoms with Crippen LogP contribution in [0, 0.1) is 17.3 Å². The van der Waals surface area contributed by atoms with Gasteiger partial charge in [0.2, 0.25) is 5.91 Å². The van der Waals surface area contributed by atoms with Crippen LogP contribution in [-0.2, 0) is 4.79 Å². The van der Waals surface area contributed by atoms with Gasteiger partial charge in [-0.1, -0.05) is 33.6 Å². The quantitative estimate of drug-likeness (QED) is 0.771. The van der Waals surface area contributed by atoms with E-state index in [1.54, 1.807) is 0 Å². The molecule has 0 aromatic carbocycles. The molecule has 0 aliphatic heterocycles. The lowest BCUT2D eigenvalue weighted by molar-refractivity contribution is -0.143. The van der Waals surface area contributed by atoms with E-state index in [0.29, 0.717) is 24.3 Å². The molecule has 1 aliphatic carbocycles. The minimum atomic E-state index is -0.0709. The summed E-state index contributed by atoms with van der Waals surface area (Å²) in [5.74, 6) is 1.37. The van der Waals surface area contributed by atoms with Gasteiger partial charge in [-0.15, -0.1) is 0 Å². The van der Waals surface area contributed by atoms with Crippen LogP contribution >= 0.6 is 0 Å². The molecule has 1 fully saturated rings. The molecule has 1 rings (SSSR count). The first kappa shape index (κ1) is 16.5. The van der Waals surface area contributed by atoms with Crippen LogP contribution in [0.3, 0.4) is 0 Å². The molecule has 1 aliphatic rings. The maximum absolute atomic E-state index is 13.0. The summed E-state index contributed by atoms with van der Waals surface area (Å²) in [6.45, 7) is 10.9. The Labute approximate surface area is 118 Å². The van der Waals surface area contributed by atoms with Crippen LogP contribution in [0.2, 0.25) is 0 Å². The van der Waals surface area contributed by atoms with Gasteiger partial charge in [0.25, 0.3) is 0 Å². The van der Waals surface area contributed by atoms with Crippen LogP contribution in [0.25, 0.3) is 0 Å². The first-order chi connectivity index (χ1) is 8.95. The van der Waals surface area contributed by atoms with E-state index >= 15 is 0 Å². The average molecular weight is 268 g/mol. The number of nitrogens with two attached hydrogens (primary N) is 1. The van der Waals surface area contributed by atoms with Crippen LogP contribution in [0.1, 0.15) is 59.8 Å². The largest absolute Gasteiger partial charge is 0.342 e. The van der Waals surface area contributed by atoms with E-state index < -0.39 is 0 Å². The van der Waals surface area contributed by atoms with Gasteiger partial charge in [-0.2, -0.15) is 0 Å². The number of hydrogen-bond acceptors (Lipinski definition) is 2. The van der Waals surface area contributed by atoms with Crippen LogP contribution in [0.4, 0.5) is 0 Å². The molecule has 2 N–H and O–H groups in total. The van der Waals surface area contributed by atoms with Gasteiger partial charge in [-0.05, 0) is 44.6 Å². The lowest BCUT2D eigenvalue weighted by Crippen LogP contribution is -2.45. The Hall–Kier alpha value is -0.570. The summed E-state index contributed by atoms with van der Waals surface area (Å²) in [6.07, 6.45) is 5.62. The van der Waals surface area contributed by atoms with E-state index in [1.165, 1.54) is 12.8 Å². The standard InChI is InChI=1S/C16H32N2O/c1-5-18(12-14(4)11-17)15(19)16(10-13(2)3)8-6-7-9-16/h13-14H,5-12,17H2,1-4H3. The van der Waals surface area contributed by atoms with Crippen molar-refractivity contribution in [3.63, 3.8) is 0 Å². The highest BCUT2D eigenvalue weighted by molar-refractivity contribution is 5.83. The zero-order valence-corrected chi connectivity index (χ0v) is 13.2. The molecule has 0 bridgehead atoms. The fourth-order valence-electron chi connectivity index (χ4n) is 3.48. The van der Waals surface area contributed by atoms with Crippen LogP contribution < -0.4 is 5.73 Å². The zero-order valence-electron chi connectivity index (χ0n) is 13.2. The normalized spacial score (nSPS) is 19.7. The summed E-state index contributed by atoms with van der Waals surface area (Å²) in [6, 6.07) is 0. The first-order valence-electron chi connectivity index (χ1n) is 7.94. The number of nitrogens with zero attached hydrogens (tertiary/aromatic N) is 1. The lowest BCUT2D eigenvalue weighted by atomic mass is 9.77. The molecule has 1 amide bonds. The smallest absolute Gasteiger partial charge is 0.228 e. The predicted octanol–water partition coefficient (Wildman–Crippen LogP) is 3.04. The van der Waals surface area contributed by atoms with E-state index in [2.05, 4.69) is 27.7 Å². The van der Waals surface area contributed by atoms with Gasteiger partial charge in [0.1, 0.15) is 0 Å². The van der Waals surface area contributed by atoms with Crippen LogP contribution in [0.15, 0.2) is 0 Å². The number of carbonyl (C=O) groups excluding carboxylic acids is 1. The highest BCUT2D eigenvalue weighted by Gasteiger charge is 2.43. The fraction of sp³-hybridized carbons (Fsp3) is 0.938. The number of hydrogen-bond donors (Lipinski definition) is 1. The van der Waals surface area contributed by atoms with E-state index in [4.69, 9.17) is 5.73 Å².